The number of halogens is 1. The molecule has 0 bridgehead atoms. The third-order valence-electron chi connectivity index (χ3n) is 4.01. The number of benzene rings is 1. The fourth-order valence-electron chi connectivity index (χ4n) is 2.73. The predicted octanol–water partition coefficient (Wildman–Crippen LogP) is 1.88. The van der Waals surface area contributed by atoms with E-state index in [0.717, 1.165) is 18.9 Å². The quantitative estimate of drug-likeness (QED) is 0.850. The van der Waals surface area contributed by atoms with Crippen molar-refractivity contribution in [3.05, 3.63) is 28.8 Å². The van der Waals surface area contributed by atoms with Gasteiger partial charge in [-0.3, -0.25) is 0 Å². The first-order valence-electron chi connectivity index (χ1n) is 7.05. The maximum atomic E-state index is 12.4. The van der Waals surface area contributed by atoms with E-state index >= 15 is 0 Å². The van der Waals surface area contributed by atoms with Crippen molar-refractivity contribution in [2.45, 2.75) is 36.3 Å². The molecular weight excluding hydrogens is 330 g/mol. The summed E-state index contributed by atoms with van der Waals surface area (Å²) >= 11 is 5.84. The predicted molar refractivity (Wildman–Crippen MR) is 79.6 cm³/mol. The SMILES string of the molecule is O=C(O)c1ccc(S(=O)(=O)N[C@@H]2CCO[C@H]2C2CC2)cc1Cl. The van der Waals surface area contributed by atoms with Crippen LogP contribution >= 0.6 is 11.6 Å². The fraction of sp³-hybridized carbons (Fsp3) is 0.500. The van der Waals surface area contributed by atoms with Crippen molar-refractivity contribution in [3.8, 4) is 0 Å². The summed E-state index contributed by atoms with van der Waals surface area (Å²) < 4.78 is 33.1. The highest BCUT2D eigenvalue weighted by molar-refractivity contribution is 7.89. The van der Waals surface area contributed by atoms with E-state index in [9.17, 15) is 13.2 Å². The van der Waals surface area contributed by atoms with Crippen LogP contribution in [0.4, 0.5) is 0 Å². The summed E-state index contributed by atoms with van der Waals surface area (Å²) in [5.41, 5.74) is -0.124. The molecular formula is C14H16ClNO5S. The van der Waals surface area contributed by atoms with Crippen molar-refractivity contribution in [1.29, 1.82) is 0 Å². The van der Waals surface area contributed by atoms with Gasteiger partial charge in [-0.1, -0.05) is 11.6 Å². The average molecular weight is 346 g/mol. The molecule has 1 aromatic rings. The monoisotopic (exact) mass is 345 g/mol. The Kier molecular flexibility index (Phi) is 4.15. The summed E-state index contributed by atoms with van der Waals surface area (Å²) in [5.74, 6) is -0.756. The molecule has 2 aliphatic rings. The molecule has 0 spiro atoms. The number of ether oxygens (including phenoxy) is 1. The van der Waals surface area contributed by atoms with Gasteiger partial charge in [-0.05, 0) is 43.4 Å². The smallest absolute Gasteiger partial charge is 0.337 e. The Balaban J connectivity index is 1.80. The second-order valence-electron chi connectivity index (χ2n) is 5.64. The van der Waals surface area contributed by atoms with Crippen LogP contribution in [0.3, 0.4) is 0 Å². The molecule has 1 aromatic carbocycles. The summed E-state index contributed by atoms with van der Waals surface area (Å²) in [4.78, 5) is 10.9. The van der Waals surface area contributed by atoms with Crippen molar-refractivity contribution < 1.29 is 23.1 Å². The molecule has 0 unspecified atom stereocenters. The van der Waals surface area contributed by atoms with Crippen molar-refractivity contribution >= 4 is 27.6 Å². The summed E-state index contributed by atoms with van der Waals surface area (Å²) in [5, 5.41) is 8.83. The van der Waals surface area contributed by atoms with Crippen LogP contribution in [0.15, 0.2) is 23.1 Å². The molecule has 1 saturated carbocycles. The molecule has 2 N–H and O–H groups in total. The normalized spacial score (nSPS) is 25.3. The first kappa shape index (κ1) is 15.7. The lowest BCUT2D eigenvalue weighted by atomic mass is 10.1. The van der Waals surface area contributed by atoms with Crippen molar-refractivity contribution in [1.82, 2.24) is 4.72 Å². The zero-order valence-electron chi connectivity index (χ0n) is 11.7. The first-order valence-corrected chi connectivity index (χ1v) is 8.91. The summed E-state index contributed by atoms with van der Waals surface area (Å²) in [6.45, 7) is 0.549. The van der Waals surface area contributed by atoms with E-state index in [1.54, 1.807) is 0 Å². The van der Waals surface area contributed by atoms with Gasteiger partial charge in [0, 0.05) is 6.61 Å². The maximum Gasteiger partial charge on any atom is 0.337 e. The molecule has 1 aliphatic heterocycles. The van der Waals surface area contributed by atoms with E-state index < -0.39 is 16.0 Å². The minimum Gasteiger partial charge on any atom is -0.478 e. The summed E-state index contributed by atoms with van der Waals surface area (Å²) in [6, 6.07) is 3.37. The number of hydrogen-bond donors (Lipinski definition) is 2. The average Bonchev–Trinajstić information content (AvgIpc) is 3.19. The van der Waals surface area contributed by atoms with E-state index in [4.69, 9.17) is 21.4 Å². The number of carboxylic acids is 1. The van der Waals surface area contributed by atoms with Gasteiger partial charge in [-0.25, -0.2) is 17.9 Å². The lowest BCUT2D eigenvalue weighted by Gasteiger charge is -2.19. The van der Waals surface area contributed by atoms with Gasteiger partial charge in [0.25, 0.3) is 0 Å². The van der Waals surface area contributed by atoms with Crippen LogP contribution in [0.1, 0.15) is 29.6 Å². The Bertz CT molecular complexity index is 701. The van der Waals surface area contributed by atoms with Crippen LogP contribution < -0.4 is 4.72 Å². The molecule has 2 atom stereocenters. The maximum absolute atomic E-state index is 12.4. The van der Waals surface area contributed by atoms with Crippen LogP contribution in [0.2, 0.25) is 5.02 Å². The highest BCUT2D eigenvalue weighted by atomic mass is 35.5. The standard InChI is InChI=1S/C14H16ClNO5S/c15-11-7-9(3-4-10(11)14(17)18)22(19,20)16-12-5-6-21-13(12)8-1-2-8/h3-4,7-8,12-13,16H,1-2,5-6H2,(H,17,18)/t12-,13+/m1/s1. The van der Waals surface area contributed by atoms with Gasteiger partial charge in [0.15, 0.2) is 0 Å². The molecule has 22 heavy (non-hydrogen) atoms. The lowest BCUT2D eigenvalue weighted by molar-refractivity contribution is 0.0697. The van der Waals surface area contributed by atoms with Crippen molar-refractivity contribution in [2.75, 3.05) is 6.61 Å². The zero-order chi connectivity index (χ0) is 15.9. The Labute approximate surface area is 133 Å². The Hall–Kier alpha value is -1.15. The van der Waals surface area contributed by atoms with Gasteiger partial charge < -0.3 is 9.84 Å². The molecule has 1 saturated heterocycles. The fourth-order valence-corrected chi connectivity index (χ4v) is 4.36. The Morgan fingerprint density at radius 2 is 2.05 bits per heavy atom. The molecule has 2 fully saturated rings. The molecule has 3 rings (SSSR count). The van der Waals surface area contributed by atoms with E-state index in [1.807, 2.05) is 0 Å². The molecule has 1 aliphatic carbocycles. The highest BCUT2D eigenvalue weighted by Crippen LogP contribution is 2.39. The highest BCUT2D eigenvalue weighted by Gasteiger charge is 2.42. The first-order chi connectivity index (χ1) is 10.4. The van der Waals surface area contributed by atoms with Crippen LogP contribution in [-0.4, -0.2) is 38.2 Å². The van der Waals surface area contributed by atoms with Gasteiger partial charge in [-0.2, -0.15) is 0 Å². The number of carbonyl (C=O) groups is 1. The Morgan fingerprint density at radius 1 is 1.32 bits per heavy atom. The zero-order valence-corrected chi connectivity index (χ0v) is 13.2. The largest absolute Gasteiger partial charge is 0.478 e. The second-order valence-corrected chi connectivity index (χ2v) is 7.76. The third kappa shape index (κ3) is 3.12. The molecule has 6 nitrogen and oxygen atoms in total. The van der Waals surface area contributed by atoms with Gasteiger partial charge in [0.1, 0.15) is 0 Å². The van der Waals surface area contributed by atoms with Crippen LogP contribution in [-0.2, 0) is 14.8 Å². The van der Waals surface area contributed by atoms with Crippen LogP contribution in [0, 0.1) is 5.92 Å². The van der Waals surface area contributed by atoms with E-state index in [2.05, 4.69) is 4.72 Å². The molecule has 0 radical (unpaired) electrons. The van der Waals surface area contributed by atoms with Crippen molar-refractivity contribution in [3.63, 3.8) is 0 Å². The molecule has 120 valence electrons. The van der Waals surface area contributed by atoms with E-state index in [-0.39, 0.29) is 27.6 Å². The number of hydrogen-bond acceptors (Lipinski definition) is 4. The number of rotatable bonds is 5. The van der Waals surface area contributed by atoms with Crippen molar-refractivity contribution in [2.24, 2.45) is 5.92 Å². The van der Waals surface area contributed by atoms with E-state index in [0.29, 0.717) is 18.9 Å². The van der Waals surface area contributed by atoms with Gasteiger partial charge >= 0.3 is 5.97 Å². The van der Waals surface area contributed by atoms with Crippen LogP contribution in [0.25, 0.3) is 0 Å². The summed E-state index contributed by atoms with van der Waals surface area (Å²) in [7, 11) is -3.75. The van der Waals surface area contributed by atoms with Gasteiger partial charge in [0.2, 0.25) is 10.0 Å². The topological polar surface area (TPSA) is 92.7 Å². The van der Waals surface area contributed by atoms with E-state index in [1.165, 1.54) is 12.1 Å². The van der Waals surface area contributed by atoms with Gasteiger partial charge in [0.05, 0.1) is 27.6 Å². The number of sulfonamides is 1. The lowest BCUT2D eigenvalue weighted by Crippen LogP contribution is -2.41. The Morgan fingerprint density at radius 3 is 2.64 bits per heavy atom. The number of carboxylic acid groups (broad SMARTS) is 1. The van der Waals surface area contributed by atoms with Gasteiger partial charge in [-0.15, -0.1) is 0 Å². The molecule has 0 amide bonds. The molecule has 0 aromatic heterocycles. The third-order valence-corrected chi connectivity index (χ3v) is 5.81. The molecule has 8 heteroatoms. The number of nitrogens with one attached hydrogen (secondary N) is 1. The minimum atomic E-state index is -3.75. The summed E-state index contributed by atoms with van der Waals surface area (Å²) in [6.07, 6.45) is 2.72. The minimum absolute atomic E-state index is 0.0380. The second kappa shape index (κ2) is 5.81. The van der Waals surface area contributed by atoms with Crippen LogP contribution in [0.5, 0.6) is 0 Å². The molecule has 1 heterocycles. The number of aromatic carboxylic acids is 1.